The van der Waals surface area contributed by atoms with Crippen molar-refractivity contribution in [1.82, 2.24) is 34.9 Å². The number of hydrogen-bond acceptors (Lipinski definition) is 7. The molecule has 13 nitrogen and oxygen atoms in total. The quantitative estimate of drug-likeness (QED) is 0.263. The number of carboxylic acid groups (broad SMARTS) is 2. The zero-order valence-electron chi connectivity index (χ0n) is 19.2. The molecule has 0 bridgehead atoms. The van der Waals surface area contributed by atoms with E-state index in [2.05, 4.69) is 25.6 Å². The molecule has 3 rings (SSSR count). The molecule has 3 heterocycles. The molecule has 2 aromatic rings. The fourth-order valence-corrected chi connectivity index (χ4v) is 3.61. The first-order valence-corrected chi connectivity index (χ1v) is 10.8. The highest BCUT2D eigenvalue weighted by Gasteiger charge is 2.31. The number of aryl methyl sites for hydroxylation is 1. The Morgan fingerprint density at radius 3 is 2.38 bits per heavy atom. The van der Waals surface area contributed by atoms with E-state index in [9.17, 15) is 9.59 Å². The summed E-state index contributed by atoms with van der Waals surface area (Å²) < 4.78 is 3.61. The standard InChI is InChI=1S/C19H29N7O2.2CH2O2/c1-24-16(12-18(27)21-6-2-9-25-11-8-20-15-25)4-5-17(24)13-22-19(28)14-26-10-3-7-23-26;2*2-1-3/h3,7-8,10-11,15-17H,2,4-6,9,12-14H2,1H3,(H,21,27)(H,22,28);2*1H,(H,2,3)/t16-,17+;;/m1../s1. The van der Waals surface area contributed by atoms with Gasteiger partial charge >= 0.3 is 0 Å². The van der Waals surface area contributed by atoms with Crippen LogP contribution in [0.4, 0.5) is 0 Å². The lowest BCUT2D eigenvalue weighted by Crippen LogP contribution is -2.43. The second kappa shape index (κ2) is 16.8. The van der Waals surface area contributed by atoms with Gasteiger partial charge in [0.05, 0.1) is 6.33 Å². The van der Waals surface area contributed by atoms with E-state index in [1.165, 1.54) is 0 Å². The molecule has 1 aliphatic rings. The van der Waals surface area contributed by atoms with Crippen LogP contribution in [0.2, 0.25) is 0 Å². The average Bonchev–Trinajstić information content (AvgIpc) is 3.56. The lowest BCUT2D eigenvalue weighted by atomic mass is 10.1. The molecule has 188 valence electrons. The van der Waals surface area contributed by atoms with Crippen molar-refractivity contribution >= 4 is 24.8 Å². The maximum absolute atomic E-state index is 12.2. The van der Waals surface area contributed by atoms with Crippen molar-refractivity contribution in [1.29, 1.82) is 0 Å². The van der Waals surface area contributed by atoms with Gasteiger partial charge in [-0.2, -0.15) is 5.10 Å². The number of hydrogen-bond donors (Lipinski definition) is 4. The van der Waals surface area contributed by atoms with Crippen LogP contribution < -0.4 is 10.6 Å². The Labute approximate surface area is 197 Å². The predicted molar refractivity (Wildman–Crippen MR) is 122 cm³/mol. The molecule has 1 fully saturated rings. The number of nitrogens with one attached hydrogen (secondary N) is 2. The Kier molecular flexibility index (Phi) is 14.0. The van der Waals surface area contributed by atoms with Crippen LogP contribution in [-0.4, -0.2) is 91.4 Å². The minimum Gasteiger partial charge on any atom is -0.483 e. The molecule has 2 aromatic heterocycles. The Bertz CT molecular complexity index is 823. The largest absolute Gasteiger partial charge is 0.483 e. The molecular formula is C21H33N7O6. The SMILES string of the molecule is CN1[C@@H](CC(=O)NCCCn2ccnc2)CC[C@H]1CNC(=O)Cn1cccn1.O=CO.O=CO. The van der Waals surface area contributed by atoms with Crippen LogP contribution in [-0.2, 0) is 32.3 Å². The Balaban J connectivity index is 0.000000872. The van der Waals surface area contributed by atoms with Crippen LogP contribution in [0.1, 0.15) is 25.7 Å². The van der Waals surface area contributed by atoms with Gasteiger partial charge in [-0.05, 0) is 32.4 Å². The summed E-state index contributed by atoms with van der Waals surface area (Å²) in [6.45, 7) is 1.85. The van der Waals surface area contributed by atoms with Crippen molar-refractivity contribution < 1.29 is 29.4 Å². The van der Waals surface area contributed by atoms with Crippen molar-refractivity contribution in [2.75, 3.05) is 20.1 Å². The second-order valence-electron chi connectivity index (χ2n) is 7.48. The monoisotopic (exact) mass is 479 g/mol. The van der Waals surface area contributed by atoms with Crippen LogP contribution in [0, 0.1) is 0 Å². The summed E-state index contributed by atoms with van der Waals surface area (Å²) in [5, 5.41) is 23.8. The summed E-state index contributed by atoms with van der Waals surface area (Å²) in [5.74, 6) is 0.0436. The fraction of sp³-hybridized carbons (Fsp3) is 0.524. The predicted octanol–water partition coefficient (Wildman–Crippen LogP) is -0.343. The van der Waals surface area contributed by atoms with Crippen molar-refractivity contribution in [3.05, 3.63) is 37.2 Å². The van der Waals surface area contributed by atoms with Gasteiger partial charge in [0.2, 0.25) is 11.8 Å². The molecule has 0 aromatic carbocycles. The Hall–Kier alpha value is -3.74. The van der Waals surface area contributed by atoms with Crippen molar-refractivity contribution in [2.45, 2.75) is 50.9 Å². The number of likely N-dealkylation sites (tertiary alicyclic amines) is 1. The van der Waals surface area contributed by atoms with Gasteiger partial charge in [0.15, 0.2) is 0 Å². The van der Waals surface area contributed by atoms with Gasteiger partial charge in [0, 0.05) is 62.9 Å². The Morgan fingerprint density at radius 1 is 1.06 bits per heavy atom. The van der Waals surface area contributed by atoms with E-state index >= 15 is 0 Å². The molecule has 0 unspecified atom stereocenters. The highest BCUT2D eigenvalue weighted by Crippen LogP contribution is 2.24. The number of rotatable bonds is 10. The third-order valence-corrected chi connectivity index (χ3v) is 5.28. The third kappa shape index (κ3) is 11.2. The maximum Gasteiger partial charge on any atom is 0.290 e. The summed E-state index contributed by atoms with van der Waals surface area (Å²) in [6.07, 6.45) is 12.2. The van der Waals surface area contributed by atoms with Gasteiger partial charge in [-0.3, -0.25) is 28.8 Å². The molecule has 0 spiro atoms. The van der Waals surface area contributed by atoms with E-state index in [-0.39, 0.29) is 43.4 Å². The first-order valence-electron chi connectivity index (χ1n) is 10.8. The minimum atomic E-state index is -0.250. The molecule has 2 amide bonds. The van der Waals surface area contributed by atoms with Gasteiger partial charge < -0.3 is 25.4 Å². The second-order valence-corrected chi connectivity index (χ2v) is 7.48. The summed E-state index contributed by atoms with van der Waals surface area (Å²) in [5.41, 5.74) is 0. The zero-order valence-corrected chi connectivity index (χ0v) is 19.2. The molecule has 1 aliphatic heterocycles. The summed E-state index contributed by atoms with van der Waals surface area (Å²) in [4.78, 5) is 47.2. The van der Waals surface area contributed by atoms with Crippen molar-refractivity contribution in [3.8, 4) is 0 Å². The normalized spacial score (nSPS) is 16.9. The number of nitrogens with zero attached hydrogens (tertiary/aromatic N) is 5. The van der Waals surface area contributed by atoms with Crippen LogP contribution in [0.25, 0.3) is 0 Å². The van der Waals surface area contributed by atoms with E-state index in [0.29, 0.717) is 19.5 Å². The summed E-state index contributed by atoms with van der Waals surface area (Å²) >= 11 is 0. The van der Waals surface area contributed by atoms with Gasteiger partial charge in [0.25, 0.3) is 12.9 Å². The number of carbonyl (C=O) groups excluding carboxylic acids is 2. The zero-order chi connectivity index (χ0) is 25.2. The molecule has 13 heteroatoms. The molecule has 0 saturated carbocycles. The fourth-order valence-electron chi connectivity index (χ4n) is 3.61. The van der Waals surface area contributed by atoms with E-state index in [1.54, 1.807) is 35.7 Å². The highest BCUT2D eigenvalue weighted by molar-refractivity contribution is 5.76. The van der Waals surface area contributed by atoms with Crippen LogP contribution in [0.15, 0.2) is 37.2 Å². The number of amides is 2. The third-order valence-electron chi connectivity index (χ3n) is 5.28. The summed E-state index contributed by atoms with van der Waals surface area (Å²) in [6, 6.07) is 2.29. The number of likely N-dealkylation sites (N-methyl/N-ethyl adjacent to an activating group) is 1. The molecule has 0 radical (unpaired) electrons. The first kappa shape index (κ1) is 28.3. The number of aromatic nitrogens is 4. The van der Waals surface area contributed by atoms with Crippen LogP contribution in [0.5, 0.6) is 0 Å². The molecule has 4 N–H and O–H groups in total. The molecule has 1 saturated heterocycles. The number of carbonyl (C=O) groups is 4. The van der Waals surface area contributed by atoms with Gasteiger partial charge in [-0.15, -0.1) is 0 Å². The van der Waals surface area contributed by atoms with Crippen LogP contribution >= 0.6 is 0 Å². The average molecular weight is 480 g/mol. The Morgan fingerprint density at radius 2 is 1.76 bits per heavy atom. The van der Waals surface area contributed by atoms with Gasteiger partial charge in [0.1, 0.15) is 6.54 Å². The molecular weight excluding hydrogens is 446 g/mol. The van der Waals surface area contributed by atoms with Crippen LogP contribution in [0.3, 0.4) is 0 Å². The smallest absolute Gasteiger partial charge is 0.290 e. The molecule has 34 heavy (non-hydrogen) atoms. The van der Waals surface area contributed by atoms with E-state index < -0.39 is 0 Å². The molecule has 0 aliphatic carbocycles. The lowest BCUT2D eigenvalue weighted by Gasteiger charge is -2.25. The topological polar surface area (TPSA) is 172 Å². The maximum atomic E-state index is 12.2. The van der Waals surface area contributed by atoms with Crippen molar-refractivity contribution in [2.24, 2.45) is 0 Å². The van der Waals surface area contributed by atoms with E-state index in [0.717, 1.165) is 25.8 Å². The van der Waals surface area contributed by atoms with E-state index in [4.69, 9.17) is 19.8 Å². The number of imidazole rings is 1. The minimum absolute atomic E-state index is 0.0452. The first-order chi connectivity index (χ1) is 16.4. The summed E-state index contributed by atoms with van der Waals surface area (Å²) in [7, 11) is 2.04. The molecule has 2 atom stereocenters. The lowest BCUT2D eigenvalue weighted by molar-refractivity contribution is -0.123. The van der Waals surface area contributed by atoms with E-state index in [1.807, 2.05) is 17.8 Å². The highest BCUT2D eigenvalue weighted by atomic mass is 16.3. The van der Waals surface area contributed by atoms with Gasteiger partial charge in [-0.1, -0.05) is 0 Å². The van der Waals surface area contributed by atoms with Crippen molar-refractivity contribution in [3.63, 3.8) is 0 Å². The van der Waals surface area contributed by atoms with Gasteiger partial charge in [-0.25, -0.2) is 4.98 Å².